The zero-order valence-electron chi connectivity index (χ0n) is 15.4. The van der Waals surface area contributed by atoms with Gasteiger partial charge in [0, 0.05) is 19.5 Å². The van der Waals surface area contributed by atoms with Crippen molar-refractivity contribution in [2.75, 3.05) is 26.3 Å². The molecule has 0 aliphatic carbocycles. The maximum absolute atomic E-state index is 12.5. The summed E-state index contributed by atoms with van der Waals surface area (Å²) in [6, 6.07) is -0.0411. The Morgan fingerprint density at radius 1 is 1.00 bits per heavy atom. The molecular formula is C19H28N2O3. The third-order valence-corrected chi connectivity index (χ3v) is 5.87. The van der Waals surface area contributed by atoms with Crippen molar-refractivity contribution in [3.8, 4) is 0 Å². The van der Waals surface area contributed by atoms with Gasteiger partial charge in [-0.1, -0.05) is 0 Å². The van der Waals surface area contributed by atoms with E-state index >= 15 is 0 Å². The van der Waals surface area contributed by atoms with Gasteiger partial charge in [-0.25, -0.2) is 4.79 Å². The fraction of sp³-hybridized carbons (Fsp3) is 0.632. The van der Waals surface area contributed by atoms with Crippen molar-refractivity contribution in [1.29, 1.82) is 0 Å². The van der Waals surface area contributed by atoms with Crippen molar-refractivity contribution in [3.63, 3.8) is 0 Å². The first-order chi connectivity index (χ1) is 11.3. The number of nitrogens with zero attached hydrogens (tertiary/aromatic N) is 1. The van der Waals surface area contributed by atoms with Gasteiger partial charge in [-0.05, 0) is 68.0 Å². The number of amides is 2. The second kappa shape index (κ2) is 6.37. The quantitative estimate of drug-likeness (QED) is 0.906. The molecule has 2 heterocycles. The van der Waals surface area contributed by atoms with E-state index in [4.69, 9.17) is 9.47 Å². The first-order valence-electron chi connectivity index (χ1n) is 8.71. The number of rotatable bonds is 2. The van der Waals surface area contributed by atoms with E-state index in [1.807, 2.05) is 0 Å². The highest BCUT2D eigenvalue weighted by atomic mass is 16.7. The Bertz CT molecular complexity index is 634. The zero-order chi connectivity index (χ0) is 17.5. The van der Waals surface area contributed by atoms with Gasteiger partial charge in [-0.3, -0.25) is 0 Å². The molecule has 2 saturated heterocycles. The number of hydrogen-bond donors (Lipinski definition) is 1. The molecule has 1 spiro atoms. The van der Waals surface area contributed by atoms with Crippen LogP contribution in [0.1, 0.15) is 39.8 Å². The van der Waals surface area contributed by atoms with E-state index in [-0.39, 0.29) is 6.03 Å². The molecule has 0 aromatic heterocycles. The normalized spacial score (nSPS) is 19.3. The monoisotopic (exact) mass is 332 g/mol. The lowest BCUT2D eigenvalue weighted by atomic mass is 9.89. The maximum Gasteiger partial charge on any atom is 0.317 e. The molecule has 2 aliphatic heterocycles. The number of hydrogen-bond acceptors (Lipinski definition) is 3. The summed E-state index contributed by atoms with van der Waals surface area (Å²) in [6.07, 6.45) is 0.751. The van der Waals surface area contributed by atoms with Crippen LogP contribution >= 0.6 is 0 Å². The lowest BCUT2D eigenvalue weighted by Crippen LogP contribution is -2.42. The van der Waals surface area contributed by atoms with Gasteiger partial charge in [-0.15, -0.1) is 0 Å². The van der Waals surface area contributed by atoms with Crippen LogP contribution in [0, 0.1) is 34.6 Å². The molecule has 0 radical (unpaired) electrons. The van der Waals surface area contributed by atoms with Gasteiger partial charge in [0.15, 0.2) is 5.79 Å². The molecule has 1 aromatic carbocycles. The van der Waals surface area contributed by atoms with Gasteiger partial charge >= 0.3 is 6.03 Å². The van der Waals surface area contributed by atoms with Gasteiger partial charge in [0.2, 0.25) is 0 Å². The van der Waals surface area contributed by atoms with Crippen LogP contribution in [0.2, 0.25) is 0 Å². The van der Waals surface area contributed by atoms with E-state index in [0.29, 0.717) is 32.8 Å². The molecule has 132 valence electrons. The van der Waals surface area contributed by atoms with Crippen LogP contribution in [-0.4, -0.2) is 43.0 Å². The molecule has 24 heavy (non-hydrogen) atoms. The second-order valence-electron chi connectivity index (χ2n) is 7.04. The molecule has 3 rings (SSSR count). The number of carbonyl (C=O) groups excluding carboxylic acids is 1. The zero-order valence-corrected chi connectivity index (χ0v) is 15.4. The third kappa shape index (κ3) is 2.91. The first-order valence-corrected chi connectivity index (χ1v) is 8.71. The van der Waals surface area contributed by atoms with Gasteiger partial charge in [0.1, 0.15) is 0 Å². The first kappa shape index (κ1) is 17.2. The molecule has 1 aromatic rings. The summed E-state index contributed by atoms with van der Waals surface area (Å²) in [5.74, 6) is -0.555. The van der Waals surface area contributed by atoms with Gasteiger partial charge in [0.05, 0.1) is 19.8 Å². The molecule has 5 heteroatoms. The third-order valence-electron chi connectivity index (χ3n) is 5.87. The van der Waals surface area contributed by atoms with Crippen LogP contribution in [-0.2, 0) is 16.0 Å². The van der Waals surface area contributed by atoms with Gasteiger partial charge < -0.3 is 19.7 Å². The molecule has 2 amide bonds. The van der Waals surface area contributed by atoms with Crippen molar-refractivity contribution in [3.05, 3.63) is 33.4 Å². The highest BCUT2D eigenvalue weighted by Gasteiger charge is 2.44. The van der Waals surface area contributed by atoms with Crippen molar-refractivity contribution >= 4 is 6.03 Å². The number of urea groups is 1. The van der Waals surface area contributed by atoms with Crippen molar-refractivity contribution < 1.29 is 14.3 Å². The minimum atomic E-state index is -0.555. The van der Waals surface area contributed by atoms with E-state index in [0.717, 1.165) is 6.42 Å². The molecule has 2 aliphatic rings. The number of benzene rings is 1. The molecule has 0 saturated carbocycles. The van der Waals surface area contributed by atoms with E-state index in [1.165, 1.54) is 33.4 Å². The minimum Gasteiger partial charge on any atom is -0.346 e. The average molecular weight is 332 g/mol. The SMILES string of the molecule is Cc1c(C)c(C)c(CNC(=O)N2CCC3(C2)OCCO3)c(C)c1C. The summed E-state index contributed by atoms with van der Waals surface area (Å²) >= 11 is 0. The summed E-state index contributed by atoms with van der Waals surface area (Å²) in [7, 11) is 0. The Hall–Kier alpha value is -1.59. The lowest BCUT2D eigenvalue weighted by Gasteiger charge is -2.23. The molecule has 0 unspecified atom stereocenters. The largest absolute Gasteiger partial charge is 0.346 e. The summed E-state index contributed by atoms with van der Waals surface area (Å²) in [6.45, 7) is 13.7. The Morgan fingerprint density at radius 3 is 2.12 bits per heavy atom. The van der Waals surface area contributed by atoms with Crippen molar-refractivity contribution in [2.45, 2.75) is 53.4 Å². The predicted molar refractivity (Wildman–Crippen MR) is 93.2 cm³/mol. The molecular weight excluding hydrogens is 304 g/mol. The van der Waals surface area contributed by atoms with Crippen molar-refractivity contribution in [2.24, 2.45) is 0 Å². The topological polar surface area (TPSA) is 50.8 Å². The smallest absolute Gasteiger partial charge is 0.317 e. The van der Waals surface area contributed by atoms with Crippen LogP contribution in [0.25, 0.3) is 0 Å². The minimum absolute atomic E-state index is 0.0411. The highest BCUT2D eigenvalue weighted by Crippen LogP contribution is 2.30. The fourth-order valence-corrected chi connectivity index (χ4v) is 3.78. The Kier molecular flexibility index (Phi) is 4.58. The van der Waals surface area contributed by atoms with E-state index < -0.39 is 5.79 Å². The number of likely N-dealkylation sites (tertiary alicyclic amines) is 1. The van der Waals surface area contributed by atoms with Crippen molar-refractivity contribution in [1.82, 2.24) is 10.2 Å². The Balaban J connectivity index is 1.67. The molecule has 0 bridgehead atoms. The molecule has 5 nitrogen and oxygen atoms in total. The molecule has 2 fully saturated rings. The van der Waals surface area contributed by atoms with Crippen LogP contribution in [0.3, 0.4) is 0 Å². The number of ether oxygens (including phenoxy) is 2. The second-order valence-corrected chi connectivity index (χ2v) is 7.04. The summed E-state index contributed by atoms with van der Waals surface area (Å²) in [5.41, 5.74) is 7.75. The van der Waals surface area contributed by atoms with Crippen LogP contribution < -0.4 is 5.32 Å². The predicted octanol–water partition coefficient (Wildman–Crippen LogP) is 2.89. The average Bonchev–Trinajstić information content (AvgIpc) is 3.21. The molecule has 1 N–H and O–H groups in total. The summed E-state index contributed by atoms with van der Waals surface area (Å²) < 4.78 is 11.4. The number of nitrogens with one attached hydrogen (secondary N) is 1. The van der Waals surface area contributed by atoms with Crippen LogP contribution in [0.5, 0.6) is 0 Å². The van der Waals surface area contributed by atoms with Gasteiger partial charge in [0.25, 0.3) is 0 Å². The fourth-order valence-electron chi connectivity index (χ4n) is 3.78. The summed E-state index contributed by atoms with van der Waals surface area (Å²) in [4.78, 5) is 14.3. The van der Waals surface area contributed by atoms with Gasteiger partial charge in [-0.2, -0.15) is 0 Å². The lowest BCUT2D eigenvalue weighted by molar-refractivity contribution is -0.143. The number of carbonyl (C=O) groups is 1. The Morgan fingerprint density at radius 2 is 1.54 bits per heavy atom. The van der Waals surface area contributed by atoms with Crippen LogP contribution in [0.4, 0.5) is 4.79 Å². The van der Waals surface area contributed by atoms with E-state index in [9.17, 15) is 4.79 Å². The Labute approximate surface area is 144 Å². The molecule has 0 atom stereocenters. The van der Waals surface area contributed by atoms with E-state index in [2.05, 4.69) is 39.9 Å². The summed E-state index contributed by atoms with van der Waals surface area (Å²) in [5, 5.41) is 3.08. The van der Waals surface area contributed by atoms with Crippen LogP contribution in [0.15, 0.2) is 0 Å². The highest BCUT2D eigenvalue weighted by molar-refractivity contribution is 5.74. The van der Waals surface area contributed by atoms with E-state index in [1.54, 1.807) is 4.90 Å². The maximum atomic E-state index is 12.5. The standard InChI is InChI=1S/C19H28N2O3/c1-12-13(2)15(4)17(16(5)14(12)3)10-20-18(22)21-7-6-19(11-21)23-8-9-24-19/h6-11H2,1-5H3,(H,20,22).